The molecular weight excluding hydrogens is 326 g/mol. The molecule has 0 saturated heterocycles. The largest absolute Gasteiger partial charge is 0.292 e. The van der Waals surface area contributed by atoms with Crippen LogP contribution in [0.2, 0.25) is 0 Å². The number of non-ortho nitro benzene ring substituents is 1. The lowest BCUT2D eigenvalue weighted by Gasteiger charge is -2.05. The Morgan fingerprint density at radius 3 is 2.92 bits per heavy atom. The number of allylic oxidation sites excluding steroid dienone is 1. The third-order valence-electron chi connectivity index (χ3n) is 4.25. The van der Waals surface area contributed by atoms with E-state index >= 15 is 0 Å². The topological polar surface area (TPSA) is 78.0 Å². The molecule has 1 aliphatic rings. The minimum atomic E-state index is -0.498. The van der Waals surface area contributed by atoms with Crippen molar-refractivity contribution in [3.63, 3.8) is 0 Å². The summed E-state index contributed by atoms with van der Waals surface area (Å²) in [4.78, 5) is 28.9. The number of aromatic nitrogens is 2. The van der Waals surface area contributed by atoms with E-state index in [1.54, 1.807) is 22.0 Å². The van der Waals surface area contributed by atoms with Gasteiger partial charge in [-0.05, 0) is 48.1 Å². The lowest BCUT2D eigenvalue weighted by molar-refractivity contribution is -0.384. The van der Waals surface area contributed by atoms with Crippen molar-refractivity contribution in [1.82, 2.24) is 9.55 Å². The number of thiophene rings is 1. The Bertz CT molecular complexity index is 1080. The molecule has 0 amide bonds. The van der Waals surface area contributed by atoms with Gasteiger partial charge < -0.3 is 0 Å². The average molecular weight is 339 g/mol. The molecule has 24 heavy (non-hydrogen) atoms. The molecule has 0 atom stereocenters. The van der Waals surface area contributed by atoms with Gasteiger partial charge in [0.25, 0.3) is 11.2 Å². The first-order chi connectivity index (χ1) is 11.5. The van der Waals surface area contributed by atoms with Gasteiger partial charge in [0.05, 0.1) is 15.8 Å². The van der Waals surface area contributed by atoms with E-state index in [2.05, 4.69) is 24.1 Å². The fraction of sp³-hybridized carbons (Fsp3) is 0.176. The molecule has 0 aliphatic carbocycles. The zero-order valence-corrected chi connectivity index (χ0v) is 13.7. The Morgan fingerprint density at radius 2 is 2.21 bits per heavy atom. The third-order valence-corrected chi connectivity index (χ3v) is 5.21. The van der Waals surface area contributed by atoms with Gasteiger partial charge in [0, 0.05) is 23.6 Å². The van der Waals surface area contributed by atoms with E-state index in [0.717, 1.165) is 16.9 Å². The summed E-state index contributed by atoms with van der Waals surface area (Å²) in [5, 5.41) is 13.3. The monoisotopic (exact) mass is 339 g/mol. The standard InChI is InChI=1S/C17H13N3O3S/c1-10-5-7-24-15(10)8-11-4-6-19-16(11)18-14-3-2-12(20(22)23)9-13(14)17(19)21/h2-3,5,7-9H,4,6H2,1H3/b11-8-. The highest BCUT2D eigenvalue weighted by Gasteiger charge is 2.22. The van der Waals surface area contributed by atoms with E-state index in [9.17, 15) is 14.9 Å². The molecule has 2 aromatic heterocycles. The van der Waals surface area contributed by atoms with Gasteiger partial charge in [-0.2, -0.15) is 0 Å². The molecule has 1 aromatic carbocycles. The molecule has 4 rings (SSSR count). The van der Waals surface area contributed by atoms with Crippen LogP contribution in [0.25, 0.3) is 22.6 Å². The van der Waals surface area contributed by atoms with Gasteiger partial charge in [0.2, 0.25) is 0 Å². The number of nitro groups is 1. The highest BCUT2D eigenvalue weighted by Crippen LogP contribution is 2.30. The first-order valence-electron chi connectivity index (χ1n) is 7.48. The molecule has 0 fully saturated rings. The molecule has 3 heterocycles. The second-order valence-corrected chi connectivity index (χ2v) is 6.69. The van der Waals surface area contributed by atoms with Crippen LogP contribution >= 0.6 is 11.3 Å². The fourth-order valence-electron chi connectivity index (χ4n) is 2.95. The van der Waals surface area contributed by atoms with Crippen molar-refractivity contribution in [1.29, 1.82) is 0 Å². The summed E-state index contributed by atoms with van der Waals surface area (Å²) in [5.74, 6) is 0.661. The van der Waals surface area contributed by atoms with Gasteiger partial charge in [0.1, 0.15) is 5.82 Å². The fourth-order valence-corrected chi connectivity index (χ4v) is 3.83. The molecule has 120 valence electrons. The van der Waals surface area contributed by atoms with E-state index in [1.807, 2.05) is 5.38 Å². The van der Waals surface area contributed by atoms with Crippen LogP contribution in [0.3, 0.4) is 0 Å². The summed E-state index contributed by atoms with van der Waals surface area (Å²) in [6.45, 7) is 2.61. The Kier molecular flexibility index (Phi) is 3.31. The minimum Gasteiger partial charge on any atom is -0.292 e. The summed E-state index contributed by atoms with van der Waals surface area (Å²) in [6.07, 6.45) is 2.82. The Balaban J connectivity index is 1.91. The van der Waals surface area contributed by atoms with Crippen LogP contribution in [0, 0.1) is 17.0 Å². The lowest BCUT2D eigenvalue weighted by Crippen LogP contribution is -2.20. The maximum absolute atomic E-state index is 12.7. The van der Waals surface area contributed by atoms with E-state index < -0.39 is 4.92 Å². The van der Waals surface area contributed by atoms with Gasteiger partial charge in [-0.1, -0.05) is 0 Å². The average Bonchev–Trinajstić information content (AvgIpc) is 3.15. The van der Waals surface area contributed by atoms with Crippen LogP contribution in [0.5, 0.6) is 0 Å². The zero-order chi connectivity index (χ0) is 16.8. The van der Waals surface area contributed by atoms with Crippen molar-refractivity contribution >= 4 is 39.6 Å². The van der Waals surface area contributed by atoms with Crippen molar-refractivity contribution in [2.24, 2.45) is 0 Å². The van der Waals surface area contributed by atoms with Crippen LogP contribution in [0.4, 0.5) is 5.69 Å². The summed E-state index contributed by atoms with van der Waals surface area (Å²) in [7, 11) is 0. The van der Waals surface area contributed by atoms with Crippen LogP contribution in [0.15, 0.2) is 34.4 Å². The number of nitrogens with zero attached hydrogens (tertiary/aromatic N) is 3. The lowest BCUT2D eigenvalue weighted by atomic mass is 10.1. The van der Waals surface area contributed by atoms with E-state index in [0.29, 0.717) is 23.3 Å². The van der Waals surface area contributed by atoms with E-state index in [1.165, 1.54) is 17.7 Å². The van der Waals surface area contributed by atoms with Crippen molar-refractivity contribution in [3.8, 4) is 0 Å². The number of fused-ring (bicyclic) bond motifs is 2. The molecule has 0 spiro atoms. The maximum atomic E-state index is 12.7. The quantitative estimate of drug-likeness (QED) is 0.528. The zero-order valence-electron chi connectivity index (χ0n) is 12.9. The van der Waals surface area contributed by atoms with Crippen LogP contribution in [-0.2, 0) is 6.54 Å². The van der Waals surface area contributed by atoms with Gasteiger partial charge in [-0.15, -0.1) is 11.3 Å². The predicted molar refractivity (Wildman–Crippen MR) is 94.2 cm³/mol. The van der Waals surface area contributed by atoms with Gasteiger partial charge in [0.15, 0.2) is 0 Å². The second-order valence-electron chi connectivity index (χ2n) is 5.74. The molecule has 0 N–H and O–H groups in total. The predicted octanol–water partition coefficient (Wildman–Crippen LogP) is 3.62. The summed E-state index contributed by atoms with van der Waals surface area (Å²) >= 11 is 1.66. The summed E-state index contributed by atoms with van der Waals surface area (Å²) < 4.78 is 1.61. The number of benzene rings is 1. The molecule has 0 bridgehead atoms. The van der Waals surface area contributed by atoms with Crippen molar-refractivity contribution in [2.45, 2.75) is 19.9 Å². The third kappa shape index (κ3) is 2.25. The first kappa shape index (κ1) is 14.8. The van der Waals surface area contributed by atoms with Crippen LogP contribution in [0.1, 0.15) is 22.7 Å². The molecule has 0 unspecified atom stereocenters. The maximum Gasteiger partial charge on any atom is 0.270 e. The van der Waals surface area contributed by atoms with Gasteiger partial charge in [-0.3, -0.25) is 19.5 Å². The molecule has 0 radical (unpaired) electrons. The highest BCUT2D eigenvalue weighted by atomic mass is 32.1. The summed E-state index contributed by atoms with van der Waals surface area (Å²) in [5.41, 5.74) is 2.41. The second kappa shape index (κ2) is 5.38. The van der Waals surface area contributed by atoms with E-state index in [4.69, 9.17) is 0 Å². The molecule has 7 heteroatoms. The Hall–Kier alpha value is -2.80. The van der Waals surface area contributed by atoms with Crippen LogP contribution < -0.4 is 5.56 Å². The first-order valence-corrected chi connectivity index (χ1v) is 8.36. The number of nitro benzene ring substituents is 1. The molecule has 6 nitrogen and oxygen atoms in total. The normalized spacial score (nSPS) is 15.1. The van der Waals surface area contributed by atoms with Gasteiger partial charge in [-0.25, -0.2) is 4.98 Å². The molecule has 0 saturated carbocycles. The minimum absolute atomic E-state index is 0.0927. The van der Waals surface area contributed by atoms with Crippen molar-refractivity contribution in [3.05, 3.63) is 66.4 Å². The number of aryl methyl sites for hydroxylation is 1. The van der Waals surface area contributed by atoms with Crippen molar-refractivity contribution in [2.75, 3.05) is 0 Å². The molecule has 1 aliphatic heterocycles. The smallest absolute Gasteiger partial charge is 0.270 e. The molecule has 3 aromatic rings. The number of hydrogen-bond donors (Lipinski definition) is 0. The van der Waals surface area contributed by atoms with E-state index in [-0.39, 0.29) is 11.2 Å². The SMILES string of the molecule is Cc1ccsc1/C=C1/CCn2c1nc1ccc([N+](=O)[O-])cc1c2=O. The van der Waals surface area contributed by atoms with Crippen LogP contribution in [-0.4, -0.2) is 14.5 Å². The van der Waals surface area contributed by atoms with Crippen molar-refractivity contribution < 1.29 is 4.92 Å². The summed E-state index contributed by atoms with van der Waals surface area (Å²) in [6, 6.07) is 6.30. The Labute approximate surface area is 140 Å². The number of hydrogen-bond acceptors (Lipinski definition) is 5. The highest BCUT2D eigenvalue weighted by molar-refractivity contribution is 7.11. The van der Waals surface area contributed by atoms with Gasteiger partial charge >= 0.3 is 0 Å². The molecular formula is C17H13N3O3S. The number of rotatable bonds is 2. The Morgan fingerprint density at radius 1 is 1.38 bits per heavy atom.